The van der Waals surface area contributed by atoms with Gasteiger partial charge in [0.2, 0.25) is 5.72 Å². The Kier molecular flexibility index (Phi) is 4.14. The number of nitrogens with zero attached hydrogens (tertiary/aromatic N) is 2. The summed E-state index contributed by atoms with van der Waals surface area (Å²) in [6, 6.07) is 12.9. The molecule has 3 aromatic rings. The largest absolute Gasteiger partial charge is 0.469 e. The Morgan fingerprint density at radius 1 is 1.27 bits per heavy atom. The van der Waals surface area contributed by atoms with Gasteiger partial charge >= 0.3 is 5.97 Å². The van der Waals surface area contributed by atoms with Gasteiger partial charge in [0.15, 0.2) is 4.80 Å². The van der Waals surface area contributed by atoms with Crippen molar-refractivity contribution >= 4 is 23.4 Å². The smallest absolute Gasteiger partial charge is 0.317 e. The summed E-state index contributed by atoms with van der Waals surface area (Å²) in [5, 5.41) is 0. The summed E-state index contributed by atoms with van der Waals surface area (Å²) in [6.45, 7) is 1.71. The second kappa shape index (κ2) is 6.63. The van der Waals surface area contributed by atoms with Crippen molar-refractivity contribution in [1.29, 1.82) is 0 Å². The third-order valence-corrected chi connectivity index (χ3v) is 6.51. The topological polar surface area (TPSA) is 69.9 Å². The van der Waals surface area contributed by atoms with E-state index >= 15 is 0 Å². The maximum absolute atomic E-state index is 14.1. The van der Waals surface area contributed by atoms with Crippen LogP contribution in [0.3, 0.4) is 0 Å². The van der Waals surface area contributed by atoms with E-state index in [1.165, 1.54) is 23.8 Å². The molecule has 2 aromatic carbocycles. The van der Waals surface area contributed by atoms with Crippen molar-refractivity contribution in [2.45, 2.75) is 18.7 Å². The van der Waals surface area contributed by atoms with Gasteiger partial charge in [0.25, 0.3) is 5.56 Å². The Bertz CT molecular complexity index is 1360. The maximum Gasteiger partial charge on any atom is 0.317 e. The van der Waals surface area contributed by atoms with Gasteiger partial charge in [-0.05, 0) is 25.1 Å². The predicted octanol–water partition coefficient (Wildman–Crippen LogP) is 2.00. The molecule has 0 saturated heterocycles. The second-order valence-corrected chi connectivity index (χ2v) is 8.35. The van der Waals surface area contributed by atoms with E-state index in [4.69, 9.17) is 9.47 Å². The number of aromatic nitrogens is 1. The van der Waals surface area contributed by atoms with Crippen LogP contribution in [0.1, 0.15) is 24.1 Å². The fraction of sp³-hybridized carbons (Fsp3) is 0.227. The summed E-state index contributed by atoms with van der Waals surface area (Å²) in [5.41, 5.74) is -0.541. The van der Waals surface area contributed by atoms with Gasteiger partial charge in [-0.15, -0.1) is 0 Å². The molecule has 8 heteroatoms. The molecule has 0 aliphatic carbocycles. The molecule has 1 aromatic heterocycles. The first-order valence-electron chi connectivity index (χ1n) is 9.36. The third-order valence-electron chi connectivity index (χ3n) is 5.53. The van der Waals surface area contributed by atoms with Gasteiger partial charge in [-0.1, -0.05) is 47.7 Å². The zero-order chi connectivity index (χ0) is 21.0. The average molecular weight is 424 g/mol. The molecule has 0 fully saturated rings. The third kappa shape index (κ3) is 2.64. The molecule has 0 amide bonds. The molecule has 6 nitrogen and oxygen atoms in total. The molecule has 3 atom stereocenters. The monoisotopic (exact) mass is 424 g/mol. The number of para-hydroxylation sites is 1. The van der Waals surface area contributed by atoms with E-state index in [1.807, 2.05) is 18.2 Å². The summed E-state index contributed by atoms with van der Waals surface area (Å²) in [4.78, 5) is 31.2. The fourth-order valence-electron chi connectivity index (χ4n) is 4.16. The number of carbonyl (C=O) groups is 1. The van der Waals surface area contributed by atoms with Crippen molar-refractivity contribution < 1.29 is 18.7 Å². The molecule has 0 spiro atoms. The highest BCUT2D eigenvalue weighted by atomic mass is 32.1. The van der Waals surface area contributed by atoms with Crippen LogP contribution in [-0.4, -0.2) is 23.4 Å². The molecule has 0 N–H and O–H groups in total. The quantitative estimate of drug-likeness (QED) is 0.590. The van der Waals surface area contributed by atoms with Gasteiger partial charge in [-0.2, -0.15) is 0 Å². The summed E-state index contributed by atoms with van der Waals surface area (Å²) in [7, 11) is 1.30. The molecule has 0 unspecified atom stereocenters. The number of thiazole rings is 1. The number of hydrogen-bond donors (Lipinski definition) is 0. The van der Waals surface area contributed by atoms with Crippen LogP contribution in [0.2, 0.25) is 0 Å². The zero-order valence-electron chi connectivity index (χ0n) is 16.2. The highest BCUT2D eigenvalue weighted by Crippen LogP contribution is 2.47. The average Bonchev–Trinajstić information content (AvgIpc) is 3.02. The minimum Gasteiger partial charge on any atom is -0.469 e. The van der Waals surface area contributed by atoms with Gasteiger partial charge in [0, 0.05) is 11.1 Å². The SMILES string of the molecule is COC(=O)[C@H]1[C@H]2c3ccccc3O[C@]1(C)N=c1s/c(=C\c3ccccc3F)c(=O)n12. The van der Waals surface area contributed by atoms with Crippen molar-refractivity contribution in [3.63, 3.8) is 0 Å². The van der Waals surface area contributed by atoms with Crippen LogP contribution in [-0.2, 0) is 9.53 Å². The molecule has 0 saturated carbocycles. The van der Waals surface area contributed by atoms with Crippen LogP contribution < -0.4 is 19.6 Å². The Morgan fingerprint density at radius 2 is 2.00 bits per heavy atom. The molecule has 2 aliphatic heterocycles. The number of halogens is 1. The number of benzene rings is 2. The van der Waals surface area contributed by atoms with E-state index in [2.05, 4.69) is 4.99 Å². The lowest BCUT2D eigenvalue weighted by molar-refractivity contribution is -0.158. The number of fused-ring (bicyclic) bond motifs is 6. The first-order valence-corrected chi connectivity index (χ1v) is 10.2. The van der Waals surface area contributed by atoms with Crippen LogP contribution in [0.4, 0.5) is 4.39 Å². The molecule has 0 radical (unpaired) electrons. The number of methoxy groups -OCH3 is 1. The second-order valence-electron chi connectivity index (χ2n) is 7.34. The van der Waals surface area contributed by atoms with Crippen molar-refractivity contribution in [1.82, 2.24) is 4.57 Å². The van der Waals surface area contributed by atoms with Gasteiger partial charge in [0.05, 0.1) is 17.7 Å². The molecule has 152 valence electrons. The number of carbonyl (C=O) groups excluding carboxylic acids is 1. The number of esters is 1. The Labute approximate surface area is 174 Å². The molecule has 2 aliphatic rings. The predicted molar refractivity (Wildman–Crippen MR) is 108 cm³/mol. The fourth-order valence-corrected chi connectivity index (χ4v) is 5.25. The van der Waals surface area contributed by atoms with Gasteiger partial charge in [-0.3, -0.25) is 14.2 Å². The highest BCUT2D eigenvalue weighted by molar-refractivity contribution is 7.07. The van der Waals surface area contributed by atoms with E-state index in [0.29, 0.717) is 26.2 Å². The van der Waals surface area contributed by atoms with Crippen LogP contribution in [0.25, 0.3) is 6.08 Å². The van der Waals surface area contributed by atoms with Gasteiger partial charge in [-0.25, -0.2) is 9.38 Å². The van der Waals surface area contributed by atoms with Gasteiger partial charge in [0.1, 0.15) is 17.5 Å². The van der Waals surface area contributed by atoms with Crippen LogP contribution in [0.5, 0.6) is 5.75 Å². The molecular formula is C22H17FN2O4S. The van der Waals surface area contributed by atoms with Crippen molar-refractivity contribution in [2.24, 2.45) is 10.9 Å². The Balaban J connectivity index is 1.81. The molecule has 3 heterocycles. The van der Waals surface area contributed by atoms with Crippen molar-refractivity contribution in [3.8, 4) is 5.75 Å². The Hall–Kier alpha value is -3.26. The van der Waals surface area contributed by atoms with E-state index in [0.717, 1.165) is 11.3 Å². The molecule has 5 rings (SSSR count). The van der Waals surface area contributed by atoms with E-state index in [1.54, 1.807) is 31.2 Å². The van der Waals surface area contributed by atoms with Crippen molar-refractivity contribution in [2.75, 3.05) is 7.11 Å². The maximum atomic E-state index is 14.1. The standard InChI is InChI=1S/C22H17FN2O4S/c1-22-17(20(27)28-2)18(13-8-4-6-10-15(13)29-22)25-19(26)16(30-21(25)24-22)11-12-7-3-5-9-14(12)23/h3-11,17-18H,1-2H3/b16-11-/t17-,18-,22+/m1/s1. The number of rotatable bonds is 2. The number of hydrogen-bond acceptors (Lipinski definition) is 6. The summed E-state index contributed by atoms with van der Waals surface area (Å²) in [6.07, 6.45) is 1.51. The molecule has 30 heavy (non-hydrogen) atoms. The number of ether oxygens (including phenoxy) is 2. The normalized spacial score (nSPS) is 24.3. The zero-order valence-corrected chi connectivity index (χ0v) is 17.0. The van der Waals surface area contributed by atoms with Crippen molar-refractivity contribution in [3.05, 3.63) is 85.2 Å². The lowest BCUT2D eigenvalue weighted by Crippen LogP contribution is -2.58. The van der Waals surface area contributed by atoms with E-state index < -0.39 is 29.5 Å². The minimum absolute atomic E-state index is 0.309. The minimum atomic E-state index is -1.22. The first kappa shape index (κ1) is 18.7. The summed E-state index contributed by atoms with van der Waals surface area (Å²) >= 11 is 1.15. The Morgan fingerprint density at radius 3 is 2.77 bits per heavy atom. The van der Waals surface area contributed by atoms with Crippen LogP contribution in [0.15, 0.2) is 58.3 Å². The lowest BCUT2D eigenvalue weighted by atomic mass is 9.81. The summed E-state index contributed by atoms with van der Waals surface area (Å²) < 4.78 is 27.1. The highest BCUT2D eigenvalue weighted by Gasteiger charge is 2.55. The van der Waals surface area contributed by atoms with E-state index in [-0.39, 0.29) is 5.56 Å². The first-order chi connectivity index (χ1) is 14.4. The molecule has 2 bridgehead atoms. The molecular weight excluding hydrogens is 407 g/mol. The lowest BCUT2D eigenvalue weighted by Gasteiger charge is -2.44. The van der Waals surface area contributed by atoms with Gasteiger partial charge < -0.3 is 9.47 Å². The van der Waals surface area contributed by atoms with Crippen LogP contribution in [0, 0.1) is 11.7 Å². The summed E-state index contributed by atoms with van der Waals surface area (Å²) in [5.74, 6) is -1.20. The van der Waals surface area contributed by atoms with E-state index in [9.17, 15) is 14.0 Å². The van der Waals surface area contributed by atoms with Crippen LogP contribution >= 0.6 is 11.3 Å².